The summed E-state index contributed by atoms with van der Waals surface area (Å²) < 4.78 is 42.0. The molecule has 4 heterocycles. The fourth-order valence-corrected chi connectivity index (χ4v) is 5.92. The number of thioether (sulfide) groups is 1. The van der Waals surface area contributed by atoms with Gasteiger partial charge in [0.1, 0.15) is 34.2 Å². The monoisotopic (exact) mass is 621 g/mol. The Morgan fingerprint density at radius 3 is 2.56 bits per heavy atom. The van der Waals surface area contributed by atoms with Crippen LogP contribution in [0.4, 0.5) is 30.6 Å². The number of nitrogens with zero attached hydrogens (tertiary/aromatic N) is 6. The molecule has 1 aliphatic carbocycles. The first kappa shape index (κ1) is 30.3. The Hall–Kier alpha value is -4.15. The number of rotatable bonds is 9. The number of hydrogen-bond acceptors (Lipinski definition) is 11. The number of hydrogen-bond donors (Lipinski definition) is 3. The van der Waals surface area contributed by atoms with Gasteiger partial charge in [0, 0.05) is 43.2 Å². The Kier molecular flexibility index (Phi) is 8.11. The SMILES string of the molecule is CC=Nc1c(NC2(C(=O)NC3=CSC(c4cnc(N5CCC[C@H]5C(F)(F)F)nc4)N3)CC2)c(=O)n(CC(C)=O)c(=O)n1C. The van der Waals surface area contributed by atoms with Crippen LogP contribution >= 0.6 is 11.8 Å². The van der Waals surface area contributed by atoms with Crippen LogP contribution in [0, 0.1) is 0 Å². The second-order valence-corrected chi connectivity index (χ2v) is 11.6. The van der Waals surface area contributed by atoms with E-state index in [4.69, 9.17) is 0 Å². The highest BCUT2D eigenvalue weighted by Crippen LogP contribution is 2.41. The van der Waals surface area contributed by atoms with Gasteiger partial charge >= 0.3 is 11.9 Å². The third kappa shape index (κ3) is 6.03. The van der Waals surface area contributed by atoms with Crippen molar-refractivity contribution in [3.8, 4) is 0 Å². The summed E-state index contributed by atoms with van der Waals surface area (Å²) in [6.07, 6.45) is 1.18. The summed E-state index contributed by atoms with van der Waals surface area (Å²) in [5.41, 5.74) is -2.08. The first-order valence-electron chi connectivity index (χ1n) is 13.5. The van der Waals surface area contributed by atoms with Gasteiger partial charge in [-0.1, -0.05) is 0 Å². The summed E-state index contributed by atoms with van der Waals surface area (Å²) in [7, 11) is 1.42. The molecule has 13 nitrogen and oxygen atoms in total. The van der Waals surface area contributed by atoms with Crippen LogP contribution in [-0.2, 0) is 23.2 Å². The third-order valence-corrected chi connectivity index (χ3v) is 8.44. The maximum absolute atomic E-state index is 13.4. The Morgan fingerprint density at radius 1 is 1.26 bits per heavy atom. The lowest BCUT2D eigenvalue weighted by Crippen LogP contribution is -2.47. The fourth-order valence-electron chi connectivity index (χ4n) is 5.05. The van der Waals surface area contributed by atoms with Crippen molar-refractivity contribution in [1.29, 1.82) is 0 Å². The third-order valence-electron chi connectivity index (χ3n) is 7.40. The molecule has 3 aliphatic rings. The first-order valence-corrected chi connectivity index (χ1v) is 14.5. The zero-order valence-electron chi connectivity index (χ0n) is 23.6. The minimum Gasteiger partial charge on any atom is -0.364 e. The number of alkyl halides is 3. The number of halogens is 3. The van der Waals surface area contributed by atoms with Crippen molar-refractivity contribution >= 4 is 47.1 Å². The molecule has 5 rings (SSSR count). The predicted octanol–water partition coefficient (Wildman–Crippen LogP) is 2.07. The van der Waals surface area contributed by atoms with E-state index in [9.17, 15) is 32.3 Å². The molecule has 230 valence electrons. The molecule has 1 saturated heterocycles. The van der Waals surface area contributed by atoms with Gasteiger partial charge in [0.15, 0.2) is 5.82 Å². The number of carbonyl (C=O) groups excluding carboxylic acids is 2. The smallest absolute Gasteiger partial charge is 0.364 e. The molecule has 1 amide bonds. The fraction of sp³-hybridized carbons (Fsp3) is 0.500. The molecule has 43 heavy (non-hydrogen) atoms. The van der Waals surface area contributed by atoms with Crippen LogP contribution < -0.4 is 32.1 Å². The van der Waals surface area contributed by atoms with Crippen LogP contribution in [0.25, 0.3) is 0 Å². The van der Waals surface area contributed by atoms with Gasteiger partial charge in [-0.25, -0.2) is 19.8 Å². The molecule has 17 heteroatoms. The minimum absolute atomic E-state index is 0.00202. The van der Waals surface area contributed by atoms with E-state index < -0.39 is 46.8 Å². The molecule has 2 aromatic heterocycles. The molecule has 1 unspecified atom stereocenters. The number of ketones is 1. The predicted molar refractivity (Wildman–Crippen MR) is 154 cm³/mol. The highest BCUT2D eigenvalue weighted by atomic mass is 32.2. The van der Waals surface area contributed by atoms with Crippen molar-refractivity contribution in [2.75, 3.05) is 16.8 Å². The van der Waals surface area contributed by atoms with Gasteiger partial charge in [-0.3, -0.25) is 23.5 Å². The van der Waals surface area contributed by atoms with Gasteiger partial charge in [-0.2, -0.15) is 13.2 Å². The van der Waals surface area contributed by atoms with Crippen molar-refractivity contribution < 1.29 is 22.8 Å². The zero-order valence-corrected chi connectivity index (χ0v) is 24.4. The van der Waals surface area contributed by atoms with E-state index in [1.165, 1.54) is 49.2 Å². The Bertz CT molecular complexity index is 1610. The molecule has 3 N–H and O–H groups in total. The van der Waals surface area contributed by atoms with Crippen molar-refractivity contribution in [3.63, 3.8) is 0 Å². The highest BCUT2D eigenvalue weighted by molar-refractivity contribution is 8.02. The number of Topliss-reactive ketones (excluding diaryl/α,β-unsaturated/α-hetero) is 1. The van der Waals surface area contributed by atoms with Crippen LogP contribution in [-0.4, -0.2) is 61.3 Å². The molecule has 0 bridgehead atoms. The molecule has 0 spiro atoms. The van der Waals surface area contributed by atoms with E-state index in [0.717, 1.165) is 9.13 Å². The van der Waals surface area contributed by atoms with E-state index >= 15 is 0 Å². The summed E-state index contributed by atoms with van der Waals surface area (Å²) >= 11 is 1.32. The van der Waals surface area contributed by atoms with Gasteiger partial charge in [0.25, 0.3) is 11.5 Å². The van der Waals surface area contributed by atoms with Gasteiger partial charge in [-0.15, -0.1) is 11.8 Å². The molecule has 2 atom stereocenters. The quantitative estimate of drug-likeness (QED) is 0.355. The van der Waals surface area contributed by atoms with Gasteiger partial charge < -0.3 is 20.9 Å². The van der Waals surface area contributed by atoms with Gasteiger partial charge in [0.2, 0.25) is 5.95 Å². The highest BCUT2D eigenvalue weighted by Gasteiger charge is 2.51. The number of carbonyl (C=O) groups is 2. The van der Waals surface area contributed by atoms with Gasteiger partial charge in [-0.05, 0) is 39.5 Å². The van der Waals surface area contributed by atoms with Crippen molar-refractivity contribution in [3.05, 3.63) is 50.0 Å². The lowest BCUT2D eigenvalue weighted by Gasteiger charge is -2.26. The molecular weight excluding hydrogens is 591 g/mol. The van der Waals surface area contributed by atoms with E-state index in [0.29, 0.717) is 30.6 Å². The lowest BCUT2D eigenvalue weighted by molar-refractivity contribution is -0.146. The van der Waals surface area contributed by atoms with Crippen molar-refractivity contribution in [1.82, 2.24) is 29.7 Å². The summed E-state index contributed by atoms with van der Waals surface area (Å²) in [4.78, 5) is 64.7. The maximum Gasteiger partial charge on any atom is 0.408 e. The van der Waals surface area contributed by atoms with E-state index in [-0.39, 0.29) is 36.2 Å². The Balaban J connectivity index is 1.27. The van der Waals surface area contributed by atoms with E-state index in [1.54, 1.807) is 12.3 Å². The molecule has 2 aliphatic heterocycles. The average Bonchev–Trinajstić information content (AvgIpc) is 3.33. The van der Waals surface area contributed by atoms with Gasteiger partial charge in [0.05, 0.1) is 6.54 Å². The first-order chi connectivity index (χ1) is 20.3. The van der Waals surface area contributed by atoms with Crippen molar-refractivity contribution in [2.24, 2.45) is 12.0 Å². The summed E-state index contributed by atoms with van der Waals surface area (Å²) in [5, 5.41) is 10.2. The number of nitrogens with one attached hydrogen (secondary N) is 3. The van der Waals surface area contributed by atoms with Crippen LogP contribution in [0.5, 0.6) is 0 Å². The summed E-state index contributed by atoms with van der Waals surface area (Å²) in [6.45, 7) is 2.68. The molecule has 2 aromatic rings. The normalized spacial score (nSPS) is 21.1. The van der Waals surface area contributed by atoms with Crippen LogP contribution in [0.1, 0.15) is 50.5 Å². The van der Waals surface area contributed by atoms with Crippen LogP contribution in [0.2, 0.25) is 0 Å². The Morgan fingerprint density at radius 2 is 1.95 bits per heavy atom. The minimum atomic E-state index is -4.36. The van der Waals surface area contributed by atoms with Crippen molar-refractivity contribution in [2.45, 2.75) is 69.2 Å². The maximum atomic E-state index is 13.4. The second-order valence-electron chi connectivity index (χ2n) is 10.6. The number of anilines is 2. The molecule has 1 saturated carbocycles. The second kappa shape index (κ2) is 11.5. The number of aliphatic imine (C=N–C) groups is 1. The van der Waals surface area contributed by atoms with E-state index in [1.807, 2.05) is 0 Å². The molecule has 2 fully saturated rings. The summed E-state index contributed by atoms with van der Waals surface area (Å²) in [6, 6.07) is -1.60. The van der Waals surface area contributed by atoms with Crippen LogP contribution in [0.3, 0.4) is 0 Å². The lowest BCUT2D eigenvalue weighted by atomic mass is 10.2. The van der Waals surface area contributed by atoms with E-state index in [2.05, 4.69) is 30.9 Å². The average molecular weight is 622 g/mol. The zero-order chi connectivity index (χ0) is 31.1. The molecule has 0 aromatic carbocycles. The molecular formula is C26H30F3N9O4S. The number of amides is 1. The Labute approximate surface area is 247 Å². The van der Waals surface area contributed by atoms with Crippen LogP contribution in [0.15, 0.2) is 38.2 Å². The number of aromatic nitrogens is 4. The molecule has 0 radical (unpaired) electrons. The largest absolute Gasteiger partial charge is 0.408 e. The summed E-state index contributed by atoms with van der Waals surface area (Å²) in [5.74, 6) is -0.380. The topological polar surface area (TPSA) is 156 Å². The standard InChI is InChI=1S/C26H30F3N9O4S/c1-4-30-19-18(21(40)38(12-14(2)39)24(42)36(19)3)35-25(7-8-25)22(41)34-17-13-43-20(33-17)15-10-31-23(32-11-15)37-9-5-6-16(37)26(27,28)29/h4,10-11,13,16,20,33,35H,5-9,12H2,1-3H3,(H,34,41)/t16-,20?/m0/s1.